The minimum absolute atomic E-state index is 0.117. The van der Waals surface area contributed by atoms with Crippen LogP contribution in [0, 0.1) is 29.1 Å². The number of nitrogens with zero attached hydrogens (tertiary/aromatic N) is 7. The summed E-state index contributed by atoms with van der Waals surface area (Å²) in [6, 6.07) is 56.4. The lowest BCUT2D eigenvalue weighted by molar-refractivity contribution is -0.134. The highest BCUT2D eigenvalue weighted by Crippen LogP contribution is 2.40. The normalized spacial score (nSPS) is 19.5. The van der Waals surface area contributed by atoms with Gasteiger partial charge in [-0.05, 0) is 201 Å². The van der Waals surface area contributed by atoms with E-state index in [1.54, 1.807) is 72.5 Å². The fourth-order valence-corrected chi connectivity index (χ4v) is 12.3. The van der Waals surface area contributed by atoms with Crippen LogP contribution >= 0.6 is 0 Å². The molecule has 15 heteroatoms. The van der Waals surface area contributed by atoms with Gasteiger partial charge in [-0.25, -0.2) is 4.79 Å². The quantitative estimate of drug-likeness (QED) is 0.0513. The monoisotopic (exact) mass is 1200 g/mol. The van der Waals surface area contributed by atoms with E-state index in [1.165, 1.54) is 21.7 Å². The molecule has 90 heavy (non-hydrogen) atoms. The van der Waals surface area contributed by atoms with Crippen LogP contribution in [0.5, 0.6) is 5.75 Å². The molecule has 3 atom stereocenters. The fraction of sp³-hybridized carbons (Fsp3) is 0.293. The summed E-state index contributed by atoms with van der Waals surface area (Å²) in [4.78, 5) is 69.6. The second-order valence-corrected chi connectivity index (χ2v) is 23.6. The second kappa shape index (κ2) is 28.4. The Bertz CT molecular complexity index is 3860. The third-order valence-corrected chi connectivity index (χ3v) is 17.2. The molecule has 5 aliphatic rings. The van der Waals surface area contributed by atoms with E-state index in [4.69, 9.17) is 23.9 Å². The highest BCUT2D eigenvalue weighted by Gasteiger charge is 2.38. The zero-order valence-electron chi connectivity index (χ0n) is 51.7. The Balaban J connectivity index is 0.000000197. The fourth-order valence-electron chi connectivity index (χ4n) is 12.3. The van der Waals surface area contributed by atoms with Crippen LogP contribution in [0.15, 0.2) is 191 Å². The number of benzene rings is 7. The maximum Gasteiger partial charge on any atom is 0.340 e. The molecular formula is C75H75N7O8. The van der Waals surface area contributed by atoms with Crippen LogP contribution in [0.3, 0.4) is 0 Å². The van der Waals surface area contributed by atoms with Crippen molar-refractivity contribution in [3.8, 4) is 11.8 Å². The molecule has 4 heterocycles. The molecule has 7 aromatic carbocycles. The van der Waals surface area contributed by atoms with Crippen molar-refractivity contribution in [3.63, 3.8) is 0 Å². The molecule has 12 rings (SSSR count). The predicted molar refractivity (Wildman–Crippen MR) is 352 cm³/mol. The Hall–Kier alpha value is -10.1. The van der Waals surface area contributed by atoms with Crippen molar-refractivity contribution in [2.75, 3.05) is 36.0 Å². The summed E-state index contributed by atoms with van der Waals surface area (Å²) in [5, 5.41) is 9.37. The lowest BCUT2D eigenvalue weighted by atomic mass is 9.76. The molecule has 1 aliphatic carbocycles. The van der Waals surface area contributed by atoms with Gasteiger partial charge in [0, 0.05) is 55.3 Å². The number of nitriles is 1. The Morgan fingerprint density at radius 2 is 1.26 bits per heavy atom. The van der Waals surface area contributed by atoms with Crippen molar-refractivity contribution in [1.82, 2.24) is 9.80 Å². The van der Waals surface area contributed by atoms with Gasteiger partial charge in [-0.2, -0.15) is 15.2 Å². The summed E-state index contributed by atoms with van der Waals surface area (Å²) >= 11 is 0. The van der Waals surface area contributed by atoms with Crippen molar-refractivity contribution in [3.05, 3.63) is 220 Å². The SMILES string of the molecule is CCC(=O)Oc1ccc(CCN2C(=O)/C(=C\c3cc4c5c(c3)CCCN5CCC4)OC2=Nc2ccccc2C(=O)OC2CC(C(C)C)CCC2C)cc1.CCN1C(=O)/C(=C\c2ccc(N(c3ccccc3)c3ccccc3)cc2)OC1=Nc1ccccc1C#N. The van der Waals surface area contributed by atoms with E-state index in [-0.39, 0.29) is 59.9 Å². The Morgan fingerprint density at radius 1 is 0.689 bits per heavy atom. The van der Waals surface area contributed by atoms with Gasteiger partial charge in [-0.15, -0.1) is 0 Å². The molecule has 7 aromatic rings. The number of likely N-dealkylation sites (N-methyl/N-ethyl adjacent to an activating group) is 1. The highest BCUT2D eigenvalue weighted by molar-refractivity contribution is 6.13. The zero-order valence-corrected chi connectivity index (χ0v) is 51.7. The van der Waals surface area contributed by atoms with E-state index in [2.05, 4.69) is 78.0 Å². The van der Waals surface area contributed by atoms with Crippen LogP contribution in [0.1, 0.15) is 117 Å². The number of amidine groups is 2. The van der Waals surface area contributed by atoms with Gasteiger partial charge >= 0.3 is 24.0 Å². The lowest BCUT2D eigenvalue weighted by Gasteiger charge is -2.37. The number of esters is 2. The Morgan fingerprint density at radius 3 is 1.88 bits per heavy atom. The van der Waals surface area contributed by atoms with Gasteiger partial charge in [-0.1, -0.05) is 113 Å². The molecule has 458 valence electrons. The summed E-state index contributed by atoms with van der Waals surface area (Å²) in [5.74, 6) is 0.912. The molecule has 15 nitrogen and oxygen atoms in total. The average Bonchev–Trinajstić information content (AvgIpc) is 1.29. The smallest absolute Gasteiger partial charge is 0.340 e. The first-order valence-corrected chi connectivity index (χ1v) is 31.4. The molecular weight excluding hydrogens is 1130 g/mol. The van der Waals surface area contributed by atoms with Crippen molar-refractivity contribution in [2.24, 2.45) is 27.7 Å². The number of aliphatic imine (C=N–C) groups is 2. The topological polar surface area (TPSA) is 167 Å². The van der Waals surface area contributed by atoms with Crippen LogP contribution < -0.4 is 14.5 Å². The number of rotatable bonds is 16. The van der Waals surface area contributed by atoms with Gasteiger partial charge in [-0.3, -0.25) is 24.2 Å². The minimum Gasteiger partial charge on any atom is -0.458 e. The first-order valence-electron chi connectivity index (χ1n) is 31.4. The highest BCUT2D eigenvalue weighted by atomic mass is 16.5. The van der Waals surface area contributed by atoms with Crippen molar-refractivity contribution < 1.29 is 38.1 Å². The number of anilines is 4. The zero-order chi connectivity index (χ0) is 62.7. The molecule has 0 N–H and O–H groups in total. The van der Waals surface area contributed by atoms with Crippen LogP contribution in [0.25, 0.3) is 12.2 Å². The number of hydrogen-bond donors (Lipinski definition) is 0. The number of hydrogen-bond acceptors (Lipinski definition) is 13. The summed E-state index contributed by atoms with van der Waals surface area (Å²) in [6.45, 7) is 13.1. The molecule has 2 saturated heterocycles. The van der Waals surface area contributed by atoms with Crippen LogP contribution in [0.4, 0.5) is 34.1 Å². The molecule has 0 radical (unpaired) electrons. The first-order chi connectivity index (χ1) is 43.8. The molecule has 2 amide bonds. The number of carbonyl (C=O) groups is 4. The minimum atomic E-state index is -0.418. The van der Waals surface area contributed by atoms with E-state index in [9.17, 15) is 24.4 Å². The molecule has 3 fully saturated rings. The number of para-hydroxylation sites is 4. The van der Waals surface area contributed by atoms with E-state index in [0.717, 1.165) is 91.8 Å². The second-order valence-electron chi connectivity index (χ2n) is 23.6. The maximum atomic E-state index is 14.1. The average molecular weight is 1200 g/mol. The van der Waals surface area contributed by atoms with Gasteiger partial charge in [0.25, 0.3) is 11.8 Å². The standard InChI is InChI=1S/C44H51N3O6.C31H24N4O2/c1-5-40(48)51-35-18-15-30(16-19-35)20-23-47-42(49)39(26-31-24-33-10-8-21-46-22-9-11-34(25-31)41(33)46)53-44(47)45-37-13-7-6-12-36(37)43(50)52-38-27-32(28(2)3)17-14-29(38)4;1-2-34-30(36)29(37-31(34)33-28-16-10-9-11-24(28)22-32)21-23-17-19-27(20-18-23)35(25-12-5-3-6-13-25)26-14-7-4-8-15-26/h6-7,12-13,15-16,18-19,24-26,28-29,32,38H,5,8-11,14,17,20-23,27H2,1-4H3;3-21H,2H2,1H3/b39-26+,45-44?;29-21+,33-31?. The van der Waals surface area contributed by atoms with Gasteiger partial charge in [0.15, 0.2) is 11.5 Å². The first kappa shape index (κ1) is 61.6. The molecule has 0 aromatic heterocycles. The number of amides is 2. The van der Waals surface area contributed by atoms with E-state index in [1.807, 2.05) is 91.9 Å². The summed E-state index contributed by atoms with van der Waals surface area (Å²) in [6.07, 6.45) is 11.5. The van der Waals surface area contributed by atoms with Crippen LogP contribution in [-0.2, 0) is 47.9 Å². The number of ether oxygens (including phenoxy) is 4. The van der Waals surface area contributed by atoms with Crippen molar-refractivity contribution >= 4 is 82.1 Å². The molecule has 0 spiro atoms. The summed E-state index contributed by atoms with van der Waals surface area (Å²) < 4.78 is 23.7. The van der Waals surface area contributed by atoms with Gasteiger partial charge in [0.05, 0.1) is 22.5 Å². The lowest BCUT2D eigenvalue weighted by Crippen LogP contribution is -2.34. The molecule has 0 bridgehead atoms. The van der Waals surface area contributed by atoms with Crippen LogP contribution in [0.2, 0.25) is 0 Å². The molecule has 4 aliphatic heterocycles. The predicted octanol–water partition coefficient (Wildman–Crippen LogP) is 15.4. The third kappa shape index (κ3) is 14.2. The van der Waals surface area contributed by atoms with Gasteiger partial charge < -0.3 is 28.7 Å². The van der Waals surface area contributed by atoms with E-state index >= 15 is 0 Å². The van der Waals surface area contributed by atoms with Crippen LogP contribution in [-0.4, -0.2) is 77.9 Å². The van der Waals surface area contributed by atoms with Crippen molar-refractivity contribution in [1.29, 1.82) is 5.26 Å². The Labute approximate surface area is 527 Å². The number of carbonyl (C=O) groups excluding carboxylic acids is 4. The van der Waals surface area contributed by atoms with Gasteiger partial charge in [0.1, 0.15) is 17.9 Å². The Kier molecular flexibility index (Phi) is 19.4. The molecule has 1 saturated carbocycles. The van der Waals surface area contributed by atoms with E-state index in [0.29, 0.717) is 59.5 Å². The largest absolute Gasteiger partial charge is 0.458 e. The third-order valence-electron chi connectivity index (χ3n) is 17.2. The maximum absolute atomic E-state index is 14.1. The van der Waals surface area contributed by atoms with Crippen molar-refractivity contribution in [2.45, 2.75) is 98.5 Å². The molecule has 3 unspecified atom stereocenters. The van der Waals surface area contributed by atoms with E-state index < -0.39 is 5.97 Å². The summed E-state index contributed by atoms with van der Waals surface area (Å²) in [5.41, 5.74) is 11.4. The van der Waals surface area contributed by atoms with Gasteiger partial charge in [0.2, 0.25) is 0 Å². The number of aryl methyl sites for hydroxylation is 2. The summed E-state index contributed by atoms with van der Waals surface area (Å²) in [7, 11) is 0.